The fraction of sp³-hybridized carbons (Fsp3) is 0.414. The van der Waals surface area contributed by atoms with Crippen molar-refractivity contribution in [3.63, 3.8) is 0 Å². The minimum atomic E-state index is -0.754. The SMILES string of the molecule is CCc1cc(NC(=O)C(=O)N2C[C@@H](C)CC[C@@H]2c2ccc3[nH]c(=O)ccc3c2)cnc1NC(=O)OC(C)(C)C. The third-order valence-electron chi connectivity index (χ3n) is 6.63. The van der Waals surface area contributed by atoms with E-state index in [4.69, 9.17) is 4.74 Å². The summed E-state index contributed by atoms with van der Waals surface area (Å²) in [4.78, 5) is 59.0. The van der Waals surface area contributed by atoms with Gasteiger partial charge in [0.2, 0.25) is 5.56 Å². The highest BCUT2D eigenvalue weighted by Crippen LogP contribution is 2.34. The highest BCUT2D eigenvalue weighted by molar-refractivity contribution is 6.39. The van der Waals surface area contributed by atoms with E-state index >= 15 is 0 Å². The zero-order valence-corrected chi connectivity index (χ0v) is 23.0. The Kier molecular flexibility index (Phi) is 8.03. The first kappa shape index (κ1) is 27.8. The largest absolute Gasteiger partial charge is 0.444 e. The Balaban J connectivity index is 1.51. The van der Waals surface area contributed by atoms with E-state index in [9.17, 15) is 19.2 Å². The number of H-pyrrole nitrogens is 1. The van der Waals surface area contributed by atoms with E-state index in [0.29, 0.717) is 30.0 Å². The Hall–Kier alpha value is -4.21. The number of fused-ring (bicyclic) bond motifs is 1. The molecule has 3 aromatic rings. The van der Waals surface area contributed by atoms with Crippen LogP contribution < -0.4 is 16.2 Å². The molecule has 0 radical (unpaired) electrons. The van der Waals surface area contributed by atoms with Crippen molar-refractivity contribution in [3.8, 4) is 0 Å². The molecule has 10 nitrogen and oxygen atoms in total. The second-order valence-electron chi connectivity index (χ2n) is 11.0. The number of aromatic amines is 1. The lowest BCUT2D eigenvalue weighted by atomic mass is 9.89. The lowest BCUT2D eigenvalue weighted by molar-refractivity contribution is -0.146. The van der Waals surface area contributed by atoms with Crippen LogP contribution >= 0.6 is 0 Å². The van der Waals surface area contributed by atoms with Gasteiger partial charge in [-0.05, 0) is 86.7 Å². The van der Waals surface area contributed by atoms with Crippen LogP contribution in [0, 0.1) is 5.92 Å². The van der Waals surface area contributed by atoms with Gasteiger partial charge in [-0.3, -0.25) is 19.7 Å². The maximum Gasteiger partial charge on any atom is 0.413 e. The van der Waals surface area contributed by atoms with Gasteiger partial charge in [0.1, 0.15) is 11.4 Å². The molecule has 0 unspecified atom stereocenters. The molecule has 1 aliphatic rings. The molecule has 4 rings (SSSR count). The third kappa shape index (κ3) is 6.81. The summed E-state index contributed by atoms with van der Waals surface area (Å²) in [7, 11) is 0. The highest BCUT2D eigenvalue weighted by Gasteiger charge is 2.34. The number of hydrogen-bond donors (Lipinski definition) is 3. The number of carbonyl (C=O) groups is 3. The summed E-state index contributed by atoms with van der Waals surface area (Å²) >= 11 is 0. The number of pyridine rings is 2. The summed E-state index contributed by atoms with van der Waals surface area (Å²) in [5.74, 6) is -0.793. The number of hydrogen-bond acceptors (Lipinski definition) is 6. The number of piperidine rings is 1. The zero-order chi connectivity index (χ0) is 28.3. The Labute approximate surface area is 227 Å². The van der Waals surface area contributed by atoms with Crippen molar-refractivity contribution in [1.82, 2.24) is 14.9 Å². The van der Waals surface area contributed by atoms with E-state index in [1.54, 1.807) is 37.8 Å². The quantitative estimate of drug-likeness (QED) is 0.414. The summed E-state index contributed by atoms with van der Waals surface area (Å²) < 4.78 is 5.29. The molecule has 2 aromatic heterocycles. The molecule has 1 saturated heterocycles. The summed E-state index contributed by atoms with van der Waals surface area (Å²) in [5, 5.41) is 6.18. The molecule has 3 amide bonds. The molecule has 0 spiro atoms. The number of aromatic nitrogens is 2. The van der Waals surface area contributed by atoms with Crippen molar-refractivity contribution >= 4 is 40.3 Å². The number of likely N-dealkylation sites (tertiary alicyclic amines) is 1. The first-order valence-corrected chi connectivity index (χ1v) is 13.2. The Morgan fingerprint density at radius 1 is 1.10 bits per heavy atom. The average Bonchev–Trinajstić information content (AvgIpc) is 2.87. The average molecular weight is 534 g/mol. The van der Waals surface area contributed by atoms with Gasteiger partial charge >= 0.3 is 17.9 Å². The normalized spacial score (nSPS) is 17.5. The standard InChI is InChI=1S/C29H35N5O5/c1-6-18-14-21(15-30-25(18)33-28(38)39-29(3,4)5)31-26(36)27(37)34-16-17(2)7-11-23(34)20-8-10-22-19(13-20)9-12-24(35)32-22/h8-10,12-15,17,23H,6-7,11,16H2,1-5H3,(H,31,36)(H,32,35)(H,30,33,38)/t17-,23+/m0/s1. The van der Waals surface area contributed by atoms with Crippen LogP contribution in [-0.4, -0.2) is 44.9 Å². The van der Waals surface area contributed by atoms with E-state index in [1.165, 1.54) is 12.3 Å². The van der Waals surface area contributed by atoms with Crippen molar-refractivity contribution in [2.24, 2.45) is 5.92 Å². The fourth-order valence-corrected chi connectivity index (χ4v) is 4.78. The first-order valence-electron chi connectivity index (χ1n) is 13.2. The number of ether oxygens (including phenoxy) is 1. The van der Waals surface area contributed by atoms with E-state index < -0.39 is 23.5 Å². The molecule has 1 aliphatic heterocycles. The maximum absolute atomic E-state index is 13.4. The number of nitrogens with one attached hydrogen (secondary N) is 3. The molecule has 10 heteroatoms. The first-order chi connectivity index (χ1) is 18.4. The minimum absolute atomic E-state index is 0.176. The molecular formula is C29H35N5O5. The number of amides is 3. The monoisotopic (exact) mass is 533 g/mol. The summed E-state index contributed by atoms with van der Waals surface area (Å²) in [5.41, 5.74) is 1.84. The predicted octanol–water partition coefficient (Wildman–Crippen LogP) is 4.77. The molecule has 39 heavy (non-hydrogen) atoms. The molecule has 3 heterocycles. The Morgan fingerprint density at radius 3 is 2.59 bits per heavy atom. The number of rotatable bonds is 4. The van der Waals surface area contributed by atoms with Crippen LogP contribution in [0.3, 0.4) is 0 Å². The van der Waals surface area contributed by atoms with E-state index in [2.05, 4.69) is 27.5 Å². The molecule has 0 bridgehead atoms. The number of benzene rings is 1. The lowest BCUT2D eigenvalue weighted by Gasteiger charge is -2.38. The molecule has 206 valence electrons. The third-order valence-corrected chi connectivity index (χ3v) is 6.63. The van der Waals surface area contributed by atoms with Crippen molar-refractivity contribution in [2.75, 3.05) is 17.2 Å². The van der Waals surface area contributed by atoms with Gasteiger partial charge in [0.15, 0.2) is 0 Å². The van der Waals surface area contributed by atoms with E-state index in [0.717, 1.165) is 29.3 Å². The van der Waals surface area contributed by atoms with Crippen LogP contribution in [0.1, 0.15) is 64.6 Å². The Morgan fingerprint density at radius 2 is 1.87 bits per heavy atom. The zero-order valence-electron chi connectivity index (χ0n) is 23.0. The smallest absolute Gasteiger partial charge is 0.413 e. The van der Waals surface area contributed by atoms with Crippen molar-refractivity contribution in [3.05, 3.63) is 64.1 Å². The van der Waals surface area contributed by atoms with Crippen LogP contribution in [-0.2, 0) is 20.7 Å². The molecule has 1 fully saturated rings. The van der Waals surface area contributed by atoms with Crippen molar-refractivity contribution < 1.29 is 19.1 Å². The van der Waals surface area contributed by atoms with Gasteiger partial charge in [-0.15, -0.1) is 0 Å². The lowest BCUT2D eigenvalue weighted by Crippen LogP contribution is -2.46. The topological polar surface area (TPSA) is 133 Å². The number of carbonyl (C=O) groups excluding carboxylic acids is 3. The van der Waals surface area contributed by atoms with Gasteiger partial charge in [0, 0.05) is 18.1 Å². The van der Waals surface area contributed by atoms with Crippen molar-refractivity contribution in [1.29, 1.82) is 0 Å². The molecular weight excluding hydrogens is 498 g/mol. The predicted molar refractivity (Wildman–Crippen MR) is 150 cm³/mol. The highest BCUT2D eigenvalue weighted by atomic mass is 16.6. The van der Waals surface area contributed by atoms with E-state index in [1.807, 2.05) is 25.1 Å². The number of nitrogens with zero attached hydrogens (tertiary/aromatic N) is 2. The van der Waals surface area contributed by atoms with Crippen LogP contribution in [0.15, 0.2) is 47.4 Å². The maximum atomic E-state index is 13.4. The van der Waals surface area contributed by atoms with Crippen LogP contribution in [0.5, 0.6) is 0 Å². The fourth-order valence-electron chi connectivity index (χ4n) is 4.78. The molecule has 2 atom stereocenters. The minimum Gasteiger partial charge on any atom is -0.444 e. The van der Waals surface area contributed by atoms with Gasteiger partial charge in [0.05, 0.1) is 17.9 Å². The van der Waals surface area contributed by atoms with E-state index in [-0.39, 0.29) is 17.5 Å². The summed E-state index contributed by atoms with van der Waals surface area (Å²) in [6.45, 7) is 9.72. The second kappa shape index (κ2) is 11.3. The number of aryl methyl sites for hydroxylation is 1. The van der Waals surface area contributed by atoms with Gasteiger partial charge in [0.25, 0.3) is 0 Å². The number of anilines is 2. The van der Waals surface area contributed by atoms with Crippen LogP contribution in [0.25, 0.3) is 10.9 Å². The summed E-state index contributed by atoms with van der Waals surface area (Å²) in [6, 6.07) is 10.3. The van der Waals surface area contributed by atoms with Gasteiger partial charge in [-0.1, -0.05) is 19.9 Å². The van der Waals surface area contributed by atoms with Gasteiger partial charge in [-0.25, -0.2) is 9.78 Å². The Bertz CT molecular complexity index is 1460. The van der Waals surface area contributed by atoms with Gasteiger partial charge < -0.3 is 19.9 Å². The molecule has 0 saturated carbocycles. The second-order valence-corrected chi connectivity index (χ2v) is 11.0. The van der Waals surface area contributed by atoms with Crippen molar-refractivity contribution in [2.45, 2.75) is 65.5 Å². The van der Waals surface area contributed by atoms with Crippen LogP contribution in [0.2, 0.25) is 0 Å². The molecule has 3 N–H and O–H groups in total. The van der Waals surface area contributed by atoms with Crippen LogP contribution in [0.4, 0.5) is 16.3 Å². The summed E-state index contributed by atoms with van der Waals surface area (Å²) in [6.07, 6.45) is 2.96. The van der Waals surface area contributed by atoms with Gasteiger partial charge in [-0.2, -0.15) is 0 Å². The molecule has 1 aromatic carbocycles. The molecule has 0 aliphatic carbocycles.